The minimum absolute atomic E-state index is 0.836. The quantitative estimate of drug-likeness (QED) is 0.805. The molecule has 1 N–H and O–H groups in total. The summed E-state index contributed by atoms with van der Waals surface area (Å²) in [5, 5.41) is 3.40. The van der Waals surface area contributed by atoms with E-state index in [0.29, 0.717) is 0 Å². The Kier molecular flexibility index (Phi) is 4.24. The van der Waals surface area contributed by atoms with Gasteiger partial charge in [-0.3, -0.25) is 0 Å². The predicted molar refractivity (Wildman–Crippen MR) is 80.3 cm³/mol. The Morgan fingerprint density at radius 2 is 1.71 bits per heavy atom. The monoisotopic (exact) mass is 353 g/mol. The van der Waals surface area contributed by atoms with E-state index in [9.17, 15) is 0 Å². The zero-order valence-corrected chi connectivity index (χ0v) is 12.7. The van der Waals surface area contributed by atoms with Crippen molar-refractivity contribution in [1.29, 1.82) is 0 Å². The predicted octanol–water partition coefficient (Wildman–Crippen LogP) is 5.13. The van der Waals surface area contributed by atoms with Crippen LogP contribution in [0.1, 0.15) is 11.1 Å². The van der Waals surface area contributed by atoms with E-state index in [1.165, 1.54) is 11.1 Å². The SMILES string of the molecule is Cc1ccc(NCc2ccc(Br)cc2)cc1Br. The van der Waals surface area contributed by atoms with Gasteiger partial charge in [0, 0.05) is 21.2 Å². The Labute approximate surface area is 119 Å². The molecule has 0 saturated heterocycles. The molecule has 0 spiro atoms. The molecular weight excluding hydrogens is 342 g/mol. The summed E-state index contributed by atoms with van der Waals surface area (Å²) in [7, 11) is 0. The van der Waals surface area contributed by atoms with Gasteiger partial charge in [-0.25, -0.2) is 0 Å². The molecule has 0 aliphatic heterocycles. The average molecular weight is 355 g/mol. The van der Waals surface area contributed by atoms with Crippen LogP contribution in [-0.4, -0.2) is 0 Å². The number of hydrogen-bond donors (Lipinski definition) is 1. The Bertz CT molecular complexity index is 506. The molecule has 2 aromatic rings. The molecule has 2 aromatic carbocycles. The molecule has 88 valence electrons. The van der Waals surface area contributed by atoms with E-state index >= 15 is 0 Å². The van der Waals surface area contributed by atoms with Crippen LogP contribution in [0.15, 0.2) is 51.4 Å². The van der Waals surface area contributed by atoms with Gasteiger partial charge in [-0.1, -0.05) is 50.1 Å². The summed E-state index contributed by atoms with van der Waals surface area (Å²) in [6.45, 7) is 2.92. The fourth-order valence-electron chi connectivity index (χ4n) is 1.51. The molecule has 0 fully saturated rings. The third-order valence-electron chi connectivity index (χ3n) is 2.58. The second kappa shape index (κ2) is 5.69. The largest absolute Gasteiger partial charge is 0.381 e. The number of hydrogen-bond acceptors (Lipinski definition) is 1. The molecule has 0 atom stereocenters. The zero-order valence-electron chi connectivity index (χ0n) is 9.50. The van der Waals surface area contributed by atoms with Gasteiger partial charge in [-0.2, -0.15) is 0 Å². The Morgan fingerprint density at radius 1 is 1.00 bits per heavy atom. The summed E-state index contributed by atoms with van der Waals surface area (Å²) in [6.07, 6.45) is 0. The summed E-state index contributed by atoms with van der Waals surface area (Å²) in [5.74, 6) is 0. The van der Waals surface area contributed by atoms with E-state index in [-0.39, 0.29) is 0 Å². The van der Waals surface area contributed by atoms with Crippen LogP contribution in [-0.2, 0) is 6.54 Å². The fourth-order valence-corrected chi connectivity index (χ4v) is 2.15. The van der Waals surface area contributed by atoms with Gasteiger partial charge in [0.2, 0.25) is 0 Å². The molecule has 2 rings (SSSR count). The van der Waals surface area contributed by atoms with Gasteiger partial charge in [0.1, 0.15) is 0 Å². The van der Waals surface area contributed by atoms with Gasteiger partial charge < -0.3 is 5.32 Å². The van der Waals surface area contributed by atoms with Crippen molar-refractivity contribution in [3.8, 4) is 0 Å². The van der Waals surface area contributed by atoms with Crippen LogP contribution >= 0.6 is 31.9 Å². The molecule has 0 aromatic heterocycles. The van der Waals surface area contributed by atoms with E-state index in [0.717, 1.165) is 21.2 Å². The number of rotatable bonds is 3. The molecule has 0 amide bonds. The molecule has 0 saturated carbocycles. The van der Waals surface area contributed by atoms with Crippen molar-refractivity contribution in [3.63, 3.8) is 0 Å². The Morgan fingerprint density at radius 3 is 2.35 bits per heavy atom. The van der Waals surface area contributed by atoms with Crippen LogP contribution in [0.4, 0.5) is 5.69 Å². The second-order valence-electron chi connectivity index (χ2n) is 3.94. The highest BCUT2D eigenvalue weighted by atomic mass is 79.9. The van der Waals surface area contributed by atoms with Crippen LogP contribution in [0.3, 0.4) is 0 Å². The van der Waals surface area contributed by atoms with Gasteiger partial charge in [-0.05, 0) is 42.3 Å². The van der Waals surface area contributed by atoms with Crippen molar-refractivity contribution in [1.82, 2.24) is 0 Å². The van der Waals surface area contributed by atoms with Crippen LogP contribution in [0.5, 0.6) is 0 Å². The molecule has 0 bridgehead atoms. The first-order valence-electron chi connectivity index (χ1n) is 5.39. The highest BCUT2D eigenvalue weighted by Crippen LogP contribution is 2.21. The molecule has 0 unspecified atom stereocenters. The molecule has 3 heteroatoms. The maximum absolute atomic E-state index is 3.54. The lowest BCUT2D eigenvalue weighted by atomic mass is 10.2. The van der Waals surface area contributed by atoms with Gasteiger partial charge in [0.25, 0.3) is 0 Å². The van der Waals surface area contributed by atoms with E-state index in [1.807, 2.05) is 0 Å². The lowest BCUT2D eigenvalue weighted by Crippen LogP contribution is -1.99. The normalized spacial score (nSPS) is 10.3. The van der Waals surface area contributed by atoms with Crippen LogP contribution in [0.2, 0.25) is 0 Å². The molecular formula is C14H13Br2N. The molecule has 1 nitrogen and oxygen atoms in total. The maximum atomic E-state index is 3.54. The molecule has 0 aliphatic carbocycles. The van der Waals surface area contributed by atoms with Crippen LogP contribution in [0.25, 0.3) is 0 Å². The van der Waals surface area contributed by atoms with Crippen molar-refractivity contribution in [3.05, 3.63) is 62.5 Å². The lowest BCUT2D eigenvalue weighted by molar-refractivity contribution is 1.14. The van der Waals surface area contributed by atoms with Crippen molar-refractivity contribution in [2.75, 3.05) is 5.32 Å². The first-order chi connectivity index (χ1) is 8.15. The number of benzene rings is 2. The number of nitrogens with one attached hydrogen (secondary N) is 1. The van der Waals surface area contributed by atoms with Crippen molar-refractivity contribution >= 4 is 37.5 Å². The third kappa shape index (κ3) is 3.58. The van der Waals surface area contributed by atoms with E-state index < -0.39 is 0 Å². The van der Waals surface area contributed by atoms with E-state index in [4.69, 9.17) is 0 Å². The van der Waals surface area contributed by atoms with Gasteiger partial charge in [-0.15, -0.1) is 0 Å². The maximum Gasteiger partial charge on any atom is 0.0400 e. The van der Waals surface area contributed by atoms with Crippen molar-refractivity contribution in [2.45, 2.75) is 13.5 Å². The molecule has 0 heterocycles. The van der Waals surface area contributed by atoms with Gasteiger partial charge >= 0.3 is 0 Å². The third-order valence-corrected chi connectivity index (χ3v) is 3.96. The zero-order chi connectivity index (χ0) is 12.3. The Balaban J connectivity index is 2.02. The minimum Gasteiger partial charge on any atom is -0.381 e. The fraction of sp³-hybridized carbons (Fsp3) is 0.143. The smallest absolute Gasteiger partial charge is 0.0400 e. The molecule has 0 radical (unpaired) electrons. The summed E-state index contributed by atoms with van der Waals surface area (Å²) in [4.78, 5) is 0. The standard InChI is InChI=1S/C14H13Br2N/c1-10-2-7-13(8-14(10)16)17-9-11-3-5-12(15)6-4-11/h2-8,17H,9H2,1H3. The summed E-state index contributed by atoms with van der Waals surface area (Å²) in [6, 6.07) is 14.6. The number of aryl methyl sites for hydroxylation is 1. The van der Waals surface area contributed by atoms with Crippen molar-refractivity contribution < 1.29 is 0 Å². The number of halogens is 2. The highest BCUT2D eigenvalue weighted by molar-refractivity contribution is 9.10. The molecule has 0 aliphatic rings. The Hall–Kier alpha value is -0.800. The van der Waals surface area contributed by atoms with Crippen LogP contribution in [0, 0.1) is 6.92 Å². The first-order valence-corrected chi connectivity index (χ1v) is 6.98. The van der Waals surface area contributed by atoms with Gasteiger partial charge in [0.15, 0.2) is 0 Å². The van der Waals surface area contributed by atoms with E-state index in [1.54, 1.807) is 0 Å². The first kappa shape index (κ1) is 12.7. The summed E-state index contributed by atoms with van der Waals surface area (Å²) < 4.78 is 2.25. The number of anilines is 1. The minimum atomic E-state index is 0.836. The van der Waals surface area contributed by atoms with Crippen LogP contribution < -0.4 is 5.32 Å². The summed E-state index contributed by atoms with van der Waals surface area (Å²) >= 11 is 6.97. The molecule has 17 heavy (non-hydrogen) atoms. The average Bonchev–Trinajstić information content (AvgIpc) is 2.33. The van der Waals surface area contributed by atoms with Crippen molar-refractivity contribution in [2.24, 2.45) is 0 Å². The highest BCUT2D eigenvalue weighted by Gasteiger charge is 1.98. The topological polar surface area (TPSA) is 12.0 Å². The second-order valence-corrected chi connectivity index (χ2v) is 5.71. The lowest BCUT2D eigenvalue weighted by Gasteiger charge is -2.08. The van der Waals surface area contributed by atoms with Gasteiger partial charge in [0.05, 0.1) is 0 Å². The summed E-state index contributed by atoms with van der Waals surface area (Å²) in [5.41, 5.74) is 3.65. The van der Waals surface area contributed by atoms with E-state index in [2.05, 4.69) is 86.6 Å².